The monoisotopic (exact) mass is 280 g/mol. The van der Waals surface area contributed by atoms with Gasteiger partial charge >= 0.3 is 11.9 Å². The van der Waals surface area contributed by atoms with Crippen molar-refractivity contribution in [3.05, 3.63) is 29.3 Å². The number of hydrogen-bond acceptors (Lipinski definition) is 4. The van der Waals surface area contributed by atoms with Crippen molar-refractivity contribution in [2.24, 2.45) is 11.7 Å². The summed E-state index contributed by atoms with van der Waals surface area (Å²) in [5, 5.41) is 20.3. The number of aromatic carboxylic acids is 2. The topological polar surface area (TPSA) is 130 Å². The SMILES string of the molecule is CC(C)[C@H](N)C(=O)Nc1cc(C(=O)O)cc(C(=O)O)c1. The predicted octanol–water partition coefficient (Wildman–Crippen LogP) is 1.00. The maximum absolute atomic E-state index is 11.8. The second-order valence-corrected chi connectivity index (χ2v) is 4.67. The molecule has 0 heterocycles. The summed E-state index contributed by atoms with van der Waals surface area (Å²) in [6.45, 7) is 3.53. The molecule has 0 unspecified atom stereocenters. The van der Waals surface area contributed by atoms with E-state index in [0.717, 1.165) is 6.07 Å². The van der Waals surface area contributed by atoms with Crippen molar-refractivity contribution >= 4 is 23.5 Å². The van der Waals surface area contributed by atoms with Crippen LogP contribution in [0, 0.1) is 5.92 Å². The van der Waals surface area contributed by atoms with Crippen LogP contribution in [0.15, 0.2) is 18.2 Å². The van der Waals surface area contributed by atoms with Crippen molar-refractivity contribution in [3.8, 4) is 0 Å². The first-order chi connectivity index (χ1) is 9.22. The summed E-state index contributed by atoms with van der Waals surface area (Å²) >= 11 is 0. The van der Waals surface area contributed by atoms with Crippen LogP contribution < -0.4 is 11.1 Å². The summed E-state index contributed by atoms with van der Waals surface area (Å²) in [6, 6.07) is 2.61. The number of carboxylic acid groups (broad SMARTS) is 2. The van der Waals surface area contributed by atoms with Crippen LogP contribution in [0.3, 0.4) is 0 Å². The standard InChI is InChI=1S/C13H16N2O5/c1-6(2)10(14)11(16)15-9-4-7(12(17)18)3-8(5-9)13(19)20/h3-6,10H,14H2,1-2H3,(H,15,16)(H,17,18)(H,19,20)/t10-/m0/s1. The van der Waals surface area contributed by atoms with Crippen molar-refractivity contribution in [3.63, 3.8) is 0 Å². The number of nitrogens with two attached hydrogens (primary N) is 1. The first-order valence-electron chi connectivity index (χ1n) is 5.90. The minimum Gasteiger partial charge on any atom is -0.478 e. The lowest BCUT2D eigenvalue weighted by Crippen LogP contribution is -2.39. The number of rotatable bonds is 5. The van der Waals surface area contributed by atoms with Gasteiger partial charge in [0.2, 0.25) is 5.91 Å². The fraction of sp³-hybridized carbons (Fsp3) is 0.308. The van der Waals surface area contributed by atoms with Crippen LogP contribution >= 0.6 is 0 Å². The summed E-state index contributed by atoms with van der Waals surface area (Å²) in [4.78, 5) is 33.6. The summed E-state index contributed by atoms with van der Waals surface area (Å²) in [5.41, 5.74) is 5.30. The van der Waals surface area contributed by atoms with Crippen LogP contribution in [-0.2, 0) is 4.79 Å². The molecule has 1 rings (SSSR count). The maximum Gasteiger partial charge on any atom is 0.335 e. The molecule has 0 saturated carbocycles. The number of carbonyl (C=O) groups is 3. The highest BCUT2D eigenvalue weighted by molar-refractivity contribution is 5.99. The van der Waals surface area contributed by atoms with Gasteiger partial charge in [0.15, 0.2) is 0 Å². The largest absolute Gasteiger partial charge is 0.478 e. The van der Waals surface area contributed by atoms with Crippen LogP contribution in [0.4, 0.5) is 5.69 Å². The van der Waals surface area contributed by atoms with Crippen LogP contribution in [0.1, 0.15) is 34.6 Å². The number of benzene rings is 1. The molecule has 20 heavy (non-hydrogen) atoms. The minimum atomic E-state index is -1.28. The van der Waals surface area contributed by atoms with E-state index in [9.17, 15) is 14.4 Å². The molecule has 0 aliphatic carbocycles. The van der Waals surface area contributed by atoms with Gasteiger partial charge in [0.25, 0.3) is 0 Å². The molecule has 0 spiro atoms. The Morgan fingerprint density at radius 2 is 1.50 bits per heavy atom. The highest BCUT2D eigenvalue weighted by Gasteiger charge is 2.19. The number of carbonyl (C=O) groups excluding carboxylic acids is 1. The summed E-state index contributed by atoms with van der Waals surface area (Å²) < 4.78 is 0. The lowest BCUT2D eigenvalue weighted by molar-refractivity contribution is -0.118. The molecule has 0 saturated heterocycles. The number of carboxylic acids is 2. The van der Waals surface area contributed by atoms with E-state index in [1.165, 1.54) is 12.1 Å². The van der Waals surface area contributed by atoms with Crippen molar-refractivity contribution in [1.29, 1.82) is 0 Å². The fourth-order valence-electron chi connectivity index (χ4n) is 1.48. The Labute approximate surface area is 115 Å². The molecular formula is C13H16N2O5. The molecule has 0 aliphatic heterocycles. The van der Waals surface area contributed by atoms with E-state index in [2.05, 4.69) is 5.32 Å². The number of anilines is 1. The lowest BCUT2D eigenvalue weighted by Gasteiger charge is -2.15. The molecule has 1 aromatic carbocycles. The van der Waals surface area contributed by atoms with E-state index in [1.807, 2.05) is 0 Å². The van der Waals surface area contributed by atoms with Gasteiger partial charge in [-0.15, -0.1) is 0 Å². The minimum absolute atomic E-state index is 0.0865. The maximum atomic E-state index is 11.8. The molecule has 0 bridgehead atoms. The van der Waals surface area contributed by atoms with Gasteiger partial charge in [-0.05, 0) is 24.1 Å². The van der Waals surface area contributed by atoms with E-state index in [4.69, 9.17) is 15.9 Å². The fourth-order valence-corrected chi connectivity index (χ4v) is 1.48. The van der Waals surface area contributed by atoms with Crippen molar-refractivity contribution < 1.29 is 24.6 Å². The molecule has 0 aliphatic rings. The van der Waals surface area contributed by atoms with Gasteiger partial charge in [0.05, 0.1) is 17.2 Å². The second-order valence-electron chi connectivity index (χ2n) is 4.67. The van der Waals surface area contributed by atoms with Crippen LogP contribution in [0.25, 0.3) is 0 Å². The molecule has 0 radical (unpaired) electrons. The molecule has 0 aromatic heterocycles. The Morgan fingerprint density at radius 1 is 1.05 bits per heavy atom. The molecular weight excluding hydrogens is 264 g/mol. The molecule has 1 aromatic rings. The Bertz CT molecular complexity index is 521. The average Bonchev–Trinajstić information content (AvgIpc) is 2.36. The van der Waals surface area contributed by atoms with E-state index >= 15 is 0 Å². The third-order valence-electron chi connectivity index (χ3n) is 2.72. The first kappa shape index (κ1) is 15.6. The zero-order valence-electron chi connectivity index (χ0n) is 11.1. The van der Waals surface area contributed by atoms with Crippen molar-refractivity contribution in [2.45, 2.75) is 19.9 Å². The zero-order chi connectivity index (χ0) is 15.4. The Kier molecular flexibility index (Phi) is 4.82. The van der Waals surface area contributed by atoms with E-state index in [-0.39, 0.29) is 22.7 Å². The first-order valence-corrected chi connectivity index (χ1v) is 5.90. The quantitative estimate of drug-likeness (QED) is 0.636. The Balaban J connectivity index is 3.09. The Morgan fingerprint density at radius 3 is 1.85 bits per heavy atom. The summed E-state index contributed by atoms with van der Waals surface area (Å²) in [5.74, 6) is -3.16. The highest BCUT2D eigenvalue weighted by Crippen LogP contribution is 2.16. The molecule has 108 valence electrons. The summed E-state index contributed by atoms with van der Waals surface area (Å²) in [7, 11) is 0. The molecule has 7 heteroatoms. The molecule has 5 N–H and O–H groups in total. The van der Waals surface area contributed by atoms with Crippen LogP contribution in [0.2, 0.25) is 0 Å². The van der Waals surface area contributed by atoms with Crippen molar-refractivity contribution in [2.75, 3.05) is 5.32 Å². The molecule has 1 amide bonds. The van der Waals surface area contributed by atoms with E-state index in [1.54, 1.807) is 13.8 Å². The van der Waals surface area contributed by atoms with Crippen LogP contribution in [-0.4, -0.2) is 34.1 Å². The van der Waals surface area contributed by atoms with Gasteiger partial charge in [-0.25, -0.2) is 9.59 Å². The highest BCUT2D eigenvalue weighted by atomic mass is 16.4. The van der Waals surface area contributed by atoms with Crippen LogP contribution in [0.5, 0.6) is 0 Å². The number of hydrogen-bond donors (Lipinski definition) is 4. The van der Waals surface area contributed by atoms with Gasteiger partial charge in [0.1, 0.15) is 0 Å². The normalized spacial score (nSPS) is 12.0. The van der Waals surface area contributed by atoms with Gasteiger partial charge in [-0.3, -0.25) is 4.79 Å². The van der Waals surface area contributed by atoms with Gasteiger partial charge in [0, 0.05) is 5.69 Å². The number of amides is 1. The average molecular weight is 280 g/mol. The smallest absolute Gasteiger partial charge is 0.335 e. The van der Waals surface area contributed by atoms with Crippen molar-refractivity contribution in [1.82, 2.24) is 0 Å². The third-order valence-corrected chi connectivity index (χ3v) is 2.72. The summed E-state index contributed by atoms with van der Waals surface area (Å²) in [6.07, 6.45) is 0. The second kappa shape index (κ2) is 6.16. The predicted molar refractivity (Wildman–Crippen MR) is 71.8 cm³/mol. The van der Waals surface area contributed by atoms with Gasteiger partial charge < -0.3 is 21.3 Å². The molecule has 7 nitrogen and oxygen atoms in total. The van der Waals surface area contributed by atoms with E-state index < -0.39 is 23.9 Å². The molecule has 0 fully saturated rings. The third kappa shape index (κ3) is 3.79. The zero-order valence-corrected chi connectivity index (χ0v) is 11.1. The molecule has 1 atom stereocenters. The number of nitrogens with one attached hydrogen (secondary N) is 1. The Hall–Kier alpha value is -2.41. The van der Waals surface area contributed by atoms with Gasteiger partial charge in [-0.1, -0.05) is 13.8 Å². The van der Waals surface area contributed by atoms with E-state index in [0.29, 0.717) is 0 Å². The lowest BCUT2D eigenvalue weighted by atomic mass is 10.0. The van der Waals surface area contributed by atoms with Gasteiger partial charge in [-0.2, -0.15) is 0 Å².